The molecule has 1 saturated heterocycles. The molecule has 2 N–H and O–H groups in total. The first-order valence-electron chi connectivity index (χ1n) is 10.8. The van der Waals surface area contributed by atoms with Crippen LogP contribution in [0.1, 0.15) is 29.1 Å². The summed E-state index contributed by atoms with van der Waals surface area (Å²) in [7, 11) is 0. The lowest BCUT2D eigenvalue weighted by atomic mass is 10.2. The average Bonchev–Trinajstić information content (AvgIpc) is 3.47. The summed E-state index contributed by atoms with van der Waals surface area (Å²) in [6, 6.07) is 13.7. The van der Waals surface area contributed by atoms with Crippen LogP contribution in [0.2, 0.25) is 5.02 Å². The van der Waals surface area contributed by atoms with Crippen molar-refractivity contribution < 1.29 is 4.74 Å². The lowest BCUT2D eigenvalue weighted by molar-refractivity contribution is 0.301. The van der Waals surface area contributed by atoms with Crippen LogP contribution in [0.4, 0.5) is 11.5 Å². The standard InChI is InChI=1S/C25H22ClN5OS/c1-16-4-2-5-19(30-16)14-32-23-10-8-18(12-21(23)26)31-25-24-22(28-15-29-25)13-20(33-24)9-7-17-6-3-11-27-17/h2,4-5,8,10,12-13,15,17,27H,3,6,11,14H2,1H3,(H,28,29,31)/t17-/m1/s1. The monoisotopic (exact) mass is 475 g/mol. The SMILES string of the molecule is Cc1cccc(COc2ccc(Nc3ncnc4cc(C#C[C@H]5CCCN5)sc34)cc2Cl)n1. The number of nitrogens with one attached hydrogen (secondary N) is 2. The number of thiophene rings is 1. The summed E-state index contributed by atoms with van der Waals surface area (Å²) < 4.78 is 6.82. The molecule has 0 spiro atoms. The Morgan fingerprint density at radius 1 is 1.24 bits per heavy atom. The molecule has 0 aliphatic carbocycles. The highest BCUT2D eigenvalue weighted by Crippen LogP contribution is 2.33. The van der Waals surface area contributed by atoms with Gasteiger partial charge in [0, 0.05) is 11.4 Å². The second-order valence-corrected chi connectivity index (χ2v) is 9.25. The normalized spacial score (nSPS) is 15.3. The number of benzene rings is 1. The predicted octanol–water partition coefficient (Wildman–Crippen LogP) is 5.47. The van der Waals surface area contributed by atoms with Crippen LogP contribution >= 0.6 is 22.9 Å². The van der Waals surface area contributed by atoms with Crippen molar-refractivity contribution in [2.24, 2.45) is 0 Å². The maximum absolute atomic E-state index is 6.48. The third kappa shape index (κ3) is 5.25. The first-order valence-corrected chi connectivity index (χ1v) is 11.9. The van der Waals surface area contributed by atoms with Gasteiger partial charge in [0.25, 0.3) is 0 Å². The van der Waals surface area contributed by atoms with Gasteiger partial charge in [0.05, 0.1) is 31.9 Å². The molecule has 8 heteroatoms. The highest BCUT2D eigenvalue weighted by molar-refractivity contribution is 7.20. The Morgan fingerprint density at radius 3 is 3.00 bits per heavy atom. The van der Waals surface area contributed by atoms with Crippen LogP contribution < -0.4 is 15.4 Å². The van der Waals surface area contributed by atoms with E-state index < -0.39 is 0 Å². The maximum Gasteiger partial charge on any atom is 0.151 e. The number of pyridine rings is 1. The molecule has 1 atom stereocenters. The van der Waals surface area contributed by atoms with Gasteiger partial charge in [-0.25, -0.2) is 9.97 Å². The number of hydrogen-bond acceptors (Lipinski definition) is 7. The zero-order valence-corrected chi connectivity index (χ0v) is 19.6. The Kier molecular flexibility index (Phi) is 6.40. The predicted molar refractivity (Wildman–Crippen MR) is 133 cm³/mol. The Morgan fingerprint density at radius 2 is 2.18 bits per heavy atom. The van der Waals surface area contributed by atoms with E-state index in [2.05, 4.69) is 37.4 Å². The van der Waals surface area contributed by atoms with Crippen molar-refractivity contribution in [3.8, 4) is 17.6 Å². The number of anilines is 2. The molecular weight excluding hydrogens is 454 g/mol. The smallest absolute Gasteiger partial charge is 0.151 e. The molecule has 5 rings (SSSR count). The van der Waals surface area contributed by atoms with Gasteiger partial charge in [0.2, 0.25) is 0 Å². The zero-order chi connectivity index (χ0) is 22.6. The van der Waals surface area contributed by atoms with Crippen molar-refractivity contribution in [2.75, 3.05) is 11.9 Å². The summed E-state index contributed by atoms with van der Waals surface area (Å²) in [5.41, 5.74) is 3.50. The number of hydrogen-bond donors (Lipinski definition) is 2. The summed E-state index contributed by atoms with van der Waals surface area (Å²) >= 11 is 8.07. The largest absolute Gasteiger partial charge is 0.486 e. The van der Waals surface area contributed by atoms with Gasteiger partial charge in [-0.1, -0.05) is 29.5 Å². The van der Waals surface area contributed by atoms with Crippen molar-refractivity contribution in [1.29, 1.82) is 0 Å². The molecule has 4 heterocycles. The van der Waals surface area contributed by atoms with Gasteiger partial charge in [0.1, 0.15) is 18.7 Å². The van der Waals surface area contributed by atoms with Crippen LogP contribution in [-0.4, -0.2) is 27.5 Å². The molecule has 0 unspecified atom stereocenters. The first kappa shape index (κ1) is 21.7. The molecule has 0 amide bonds. The average molecular weight is 476 g/mol. The van der Waals surface area contributed by atoms with Crippen molar-refractivity contribution in [3.63, 3.8) is 0 Å². The Bertz CT molecular complexity index is 1350. The maximum atomic E-state index is 6.48. The quantitative estimate of drug-likeness (QED) is 0.373. The van der Waals surface area contributed by atoms with E-state index in [4.69, 9.17) is 16.3 Å². The van der Waals surface area contributed by atoms with Gasteiger partial charge < -0.3 is 15.4 Å². The summed E-state index contributed by atoms with van der Waals surface area (Å²) in [4.78, 5) is 14.3. The molecule has 1 aromatic carbocycles. The van der Waals surface area contributed by atoms with Gasteiger partial charge in [-0.05, 0) is 62.7 Å². The molecule has 4 aromatic rings. The van der Waals surface area contributed by atoms with Crippen LogP contribution in [0.5, 0.6) is 5.75 Å². The van der Waals surface area contributed by atoms with Gasteiger partial charge in [0.15, 0.2) is 5.82 Å². The van der Waals surface area contributed by atoms with Gasteiger partial charge >= 0.3 is 0 Å². The van der Waals surface area contributed by atoms with E-state index in [1.165, 1.54) is 6.42 Å². The van der Waals surface area contributed by atoms with Crippen LogP contribution in [0.3, 0.4) is 0 Å². The third-order valence-corrected chi connectivity index (χ3v) is 6.60. The third-order valence-electron chi connectivity index (χ3n) is 5.26. The molecule has 3 aromatic heterocycles. The number of fused-ring (bicyclic) bond motifs is 1. The van der Waals surface area contributed by atoms with Crippen molar-refractivity contribution in [1.82, 2.24) is 20.3 Å². The van der Waals surface area contributed by atoms with Gasteiger partial charge in [-0.15, -0.1) is 11.3 Å². The lowest BCUT2D eigenvalue weighted by Gasteiger charge is -2.11. The molecule has 0 saturated carbocycles. The van der Waals surface area contributed by atoms with Crippen molar-refractivity contribution in [2.45, 2.75) is 32.4 Å². The molecule has 1 fully saturated rings. The molecule has 0 radical (unpaired) electrons. The van der Waals surface area contributed by atoms with E-state index in [1.54, 1.807) is 17.7 Å². The number of aromatic nitrogens is 3. The number of rotatable bonds is 5. The highest BCUT2D eigenvalue weighted by atomic mass is 35.5. The Hall–Kier alpha value is -3.18. The molecule has 6 nitrogen and oxygen atoms in total. The molecule has 0 bridgehead atoms. The fraction of sp³-hybridized carbons (Fsp3) is 0.240. The second-order valence-electron chi connectivity index (χ2n) is 7.79. The van der Waals surface area contributed by atoms with E-state index in [9.17, 15) is 0 Å². The summed E-state index contributed by atoms with van der Waals surface area (Å²) in [6.45, 7) is 3.35. The van der Waals surface area contributed by atoms with Crippen molar-refractivity contribution >= 4 is 44.7 Å². The van der Waals surface area contributed by atoms with Crippen LogP contribution in [0.15, 0.2) is 48.8 Å². The highest BCUT2D eigenvalue weighted by Gasteiger charge is 2.12. The lowest BCUT2D eigenvalue weighted by Crippen LogP contribution is -2.18. The second kappa shape index (κ2) is 9.75. The number of aryl methyl sites for hydroxylation is 1. The van der Waals surface area contributed by atoms with E-state index in [0.717, 1.165) is 51.0 Å². The first-order chi connectivity index (χ1) is 16.1. The van der Waals surface area contributed by atoms with Crippen LogP contribution in [-0.2, 0) is 6.61 Å². The summed E-state index contributed by atoms with van der Waals surface area (Å²) in [5, 5.41) is 7.27. The van der Waals surface area contributed by atoms with E-state index in [-0.39, 0.29) is 6.04 Å². The summed E-state index contributed by atoms with van der Waals surface area (Å²) in [5.74, 6) is 7.93. The molecular formula is C25H22ClN5OS. The van der Waals surface area contributed by atoms with Crippen LogP contribution in [0, 0.1) is 18.8 Å². The fourth-order valence-corrected chi connectivity index (χ4v) is 4.79. The minimum absolute atomic E-state index is 0.281. The molecule has 166 valence electrons. The minimum atomic E-state index is 0.281. The zero-order valence-electron chi connectivity index (χ0n) is 18.1. The van der Waals surface area contributed by atoms with E-state index in [0.29, 0.717) is 17.4 Å². The molecule has 1 aliphatic rings. The molecule has 33 heavy (non-hydrogen) atoms. The Balaban J connectivity index is 1.31. The topological polar surface area (TPSA) is 72.0 Å². The summed E-state index contributed by atoms with van der Waals surface area (Å²) in [6.07, 6.45) is 3.84. The Labute approximate surface area is 201 Å². The number of halogens is 1. The van der Waals surface area contributed by atoms with Gasteiger partial charge in [-0.2, -0.15) is 0 Å². The minimum Gasteiger partial charge on any atom is -0.486 e. The van der Waals surface area contributed by atoms with Crippen molar-refractivity contribution in [3.05, 3.63) is 70.1 Å². The van der Waals surface area contributed by atoms with E-state index in [1.807, 2.05) is 49.4 Å². The number of nitrogens with zero attached hydrogens (tertiary/aromatic N) is 3. The van der Waals surface area contributed by atoms with Crippen LogP contribution in [0.25, 0.3) is 10.2 Å². The van der Waals surface area contributed by atoms with Gasteiger partial charge in [-0.3, -0.25) is 4.98 Å². The fourth-order valence-electron chi connectivity index (χ4n) is 3.63. The molecule has 1 aliphatic heterocycles. The number of ether oxygens (including phenoxy) is 1. The van der Waals surface area contributed by atoms with E-state index >= 15 is 0 Å².